The second-order valence-electron chi connectivity index (χ2n) is 7.93. The summed E-state index contributed by atoms with van der Waals surface area (Å²) in [4.78, 5) is 11.5. The van der Waals surface area contributed by atoms with Crippen molar-refractivity contribution in [2.45, 2.75) is 130 Å². The van der Waals surface area contributed by atoms with Gasteiger partial charge in [-0.05, 0) is 27.2 Å². The molecule has 3 nitrogen and oxygen atoms in total. The third-order valence-corrected chi connectivity index (χ3v) is 4.89. The molecular weight excluding hydrogens is 322 g/mol. The summed E-state index contributed by atoms with van der Waals surface area (Å²) >= 11 is 0. The summed E-state index contributed by atoms with van der Waals surface area (Å²) in [6.07, 6.45) is 18.9. The van der Waals surface area contributed by atoms with Gasteiger partial charge < -0.3 is 4.74 Å². The van der Waals surface area contributed by atoms with Gasteiger partial charge in [0.05, 0.1) is 0 Å². The molecule has 154 valence electrons. The summed E-state index contributed by atoms with van der Waals surface area (Å²) in [5.74, 6) is -0.321. The van der Waals surface area contributed by atoms with Crippen LogP contribution in [0.1, 0.15) is 118 Å². The van der Waals surface area contributed by atoms with Crippen LogP contribution in [0.3, 0.4) is 0 Å². The topological polar surface area (TPSA) is 38.3 Å². The summed E-state index contributed by atoms with van der Waals surface area (Å²) < 4.78 is 5.25. The first-order chi connectivity index (χ1) is 12.5. The lowest BCUT2D eigenvalue weighted by Gasteiger charge is -2.20. The number of esters is 1. The Labute approximate surface area is 163 Å². The van der Waals surface area contributed by atoms with Crippen LogP contribution in [-0.4, -0.2) is 18.2 Å². The predicted octanol–water partition coefficient (Wildman–Crippen LogP) is 6.91. The number of hydrogen-bond acceptors (Lipinski definition) is 3. The van der Waals surface area contributed by atoms with Crippen LogP contribution in [0, 0.1) is 0 Å². The van der Waals surface area contributed by atoms with Crippen LogP contribution in [0.4, 0.5) is 0 Å². The van der Waals surface area contributed by atoms with E-state index in [1.54, 1.807) is 6.92 Å². The molecule has 0 aliphatic rings. The fraction of sp³-hybridized carbons (Fsp3) is 0.870. The number of carbonyl (C=O) groups excluding carboxylic acids is 1. The van der Waals surface area contributed by atoms with Crippen LogP contribution in [0.2, 0.25) is 0 Å². The van der Waals surface area contributed by atoms with Gasteiger partial charge in [-0.2, -0.15) is 0 Å². The minimum absolute atomic E-state index is 0.254. The lowest BCUT2D eigenvalue weighted by atomic mass is 10.0. The molecule has 0 rings (SSSR count). The highest BCUT2D eigenvalue weighted by Gasteiger charge is 2.12. The summed E-state index contributed by atoms with van der Waals surface area (Å²) in [5.41, 5.74) is 0.447. The highest BCUT2D eigenvalue weighted by Crippen LogP contribution is 2.13. The largest absolute Gasteiger partial charge is 0.444 e. The Balaban J connectivity index is 3.36. The summed E-state index contributed by atoms with van der Waals surface area (Å²) in [5, 5.41) is 3.32. The number of ether oxygens (including phenoxy) is 1. The summed E-state index contributed by atoms with van der Waals surface area (Å²) in [6.45, 7) is 11.6. The lowest BCUT2D eigenvalue weighted by molar-refractivity contribution is -0.145. The van der Waals surface area contributed by atoms with E-state index in [1.165, 1.54) is 83.5 Å². The highest BCUT2D eigenvalue weighted by atomic mass is 16.6. The standard InChI is InChI=1S/C23H45NO2/c1-6-7-8-9-10-11-12-13-14-15-16-17-18-19-21(4)24-22(5)26-23(25)20(2)3/h21-22,24H,2,6-19H2,1,3-5H3. The molecule has 0 aromatic rings. The smallest absolute Gasteiger partial charge is 0.334 e. The number of nitrogens with one attached hydrogen (secondary N) is 1. The van der Waals surface area contributed by atoms with E-state index in [4.69, 9.17) is 4.74 Å². The third-order valence-electron chi connectivity index (χ3n) is 4.89. The van der Waals surface area contributed by atoms with E-state index in [9.17, 15) is 4.79 Å². The molecule has 0 aromatic carbocycles. The Hall–Kier alpha value is -0.830. The van der Waals surface area contributed by atoms with Gasteiger partial charge in [0.15, 0.2) is 6.23 Å². The van der Waals surface area contributed by atoms with Crippen LogP contribution >= 0.6 is 0 Å². The van der Waals surface area contributed by atoms with E-state index < -0.39 is 0 Å². The zero-order chi connectivity index (χ0) is 19.6. The van der Waals surface area contributed by atoms with E-state index in [1.807, 2.05) is 6.92 Å². The highest BCUT2D eigenvalue weighted by molar-refractivity contribution is 5.87. The van der Waals surface area contributed by atoms with Gasteiger partial charge in [-0.25, -0.2) is 4.79 Å². The van der Waals surface area contributed by atoms with Crippen molar-refractivity contribution in [3.05, 3.63) is 12.2 Å². The average molecular weight is 368 g/mol. The van der Waals surface area contributed by atoms with E-state index in [0.29, 0.717) is 11.6 Å². The van der Waals surface area contributed by atoms with Gasteiger partial charge in [0.1, 0.15) is 0 Å². The van der Waals surface area contributed by atoms with Crippen molar-refractivity contribution in [1.82, 2.24) is 5.32 Å². The quantitative estimate of drug-likeness (QED) is 0.124. The monoisotopic (exact) mass is 367 g/mol. The van der Waals surface area contributed by atoms with Crippen LogP contribution in [0.15, 0.2) is 12.2 Å². The first-order valence-corrected chi connectivity index (χ1v) is 11.1. The number of rotatable bonds is 18. The minimum atomic E-state index is -0.321. The molecule has 0 aliphatic heterocycles. The van der Waals surface area contributed by atoms with Crippen molar-refractivity contribution >= 4 is 5.97 Å². The van der Waals surface area contributed by atoms with Crippen molar-refractivity contribution in [2.75, 3.05) is 0 Å². The normalized spacial score (nSPS) is 13.4. The molecule has 2 unspecified atom stereocenters. The van der Waals surface area contributed by atoms with Gasteiger partial charge in [-0.15, -0.1) is 0 Å². The van der Waals surface area contributed by atoms with Crippen LogP contribution in [0.25, 0.3) is 0 Å². The van der Waals surface area contributed by atoms with Crippen LogP contribution in [-0.2, 0) is 9.53 Å². The predicted molar refractivity (Wildman–Crippen MR) is 113 cm³/mol. The van der Waals surface area contributed by atoms with Gasteiger partial charge in [-0.3, -0.25) is 5.32 Å². The van der Waals surface area contributed by atoms with Gasteiger partial charge in [0.25, 0.3) is 0 Å². The molecule has 0 heterocycles. The molecule has 0 amide bonds. The zero-order valence-corrected chi connectivity index (χ0v) is 18.1. The van der Waals surface area contributed by atoms with Crippen LogP contribution in [0.5, 0.6) is 0 Å². The number of carbonyl (C=O) groups is 1. The first-order valence-electron chi connectivity index (χ1n) is 11.1. The summed E-state index contributed by atoms with van der Waals surface area (Å²) in [7, 11) is 0. The van der Waals surface area contributed by atoms with Gasteiger partial charge in [-0.1, -0.05) is 97.0 Å². The Bertz CT molecular complexity index is 354. The summed E-state index contributed by atoms with van der Waals surface area (Å²) in [6, 6.07) is 0.371. The van der Waals surface area contributed by atoms with Crippen LogP contribution < -0.4 is 5.32 Å². The molecule has 3 heteroatoms. The van der Waals surface area contributed by atoms with Crippen molar-refractivity contribution < 1.29 is 9.53 Å². The molecule has 0 saturated carbocycles. The van der Waals surface area contributed by atoms with E-state index in [0.717, 1.165) is 6.42 Å². The molecule has 0 aromatic heterocycles. The Morgan fingerprint density at radius 3 is 1.69 bits per heavy atom. The maximum atomic E-state index is 11.5. The molecule has 0 radical (unpaired) electrons. The van der Waals surface area contributed by atoms with E-state index >= 15 is 0 Å². The van der Waals surface area contributed by atoms with Crippen molar-refractivity contribution in [3.63, 3.8) is 0 Å². The van der Waals surface area contributed by atoms with Crippen molar-refractivity contribution in [3.8, 4) is 0 Å². The van der Waals surface area contributed by atoms with Gasteiger partial charge in [0, 0.05) is 11.6 Å². The molecule has 0 spiro atoms. The third kappa shape index (κ3) is 16.6. The average Bonchev–Trinajstić information content (AvgIpc) is 2.58. The number of unbranched alkanes of at least 4 members (excludes halogenated alkanes) is 12. The zero-order valence-electron chi connectivity index (χ0n) is 18.1. The fourth-order valence-corrected chi connectivity index (χ4v) is 3.25. The maximum absolute atomic E-state index is 11.5. The molecule has 0 bridgehead atoms. The SMILES string of the molecule is C=C(C)C(=O)OC(C)NC(C)CCCCCCCCCCCCCCC. The van der Waals surface area contributed by atoms with E-state index in [2.05, 4.69) is 25.7 Å². The fourth-order valence-electron chi connectivity index (χ4n) is 3.25. The molecule has 26 heavy (non-hydrogen) atoms. The molecular formula is C23H45NO2. The molecule has 1 N–H and O–H groups in total. The Kier molecular flexibility index (Phi) is 17.0. The molecule has 0 fully saturated rings. The molecule has 0 aliphatic carbocycles. The minimum Gasteiger partial charge on any atom is -0.444 e. The molecule has 0 saturated heterocycles. The van der Waals surface area contributed by atoms with Crippen molar-refractivity contribution in [1.29, 1.82) is 0 Å². The van der Waals surface area contributed by atoms with Gasteiger partial charge >= 0.3 is 5.97 Å². The Morgan fingerprint density at radius 1 is 0.846 bits per heavy atom. The second kappa shape index (κ2) is 17.6. The Morgan fingerprint density at radius 2 is 1.27 bits per heavy atom. The van der Waals surface area contributed by atoms with E-state index in [-0.39, 0.29) is 12.2 Å². The molecule has 2 atom stereocenters. The second-order valence-corrected chi connectivity index (χ2v) is 7.93. The maximum Gasteiger partial charge on any atom is 0.334 e. The number of hydrogen-bond donors (Lipinski definition) is 1. The first kappa shape index (κ1) is 25.2. The van der Waals surface area contributed by atoms with Gasteiger partial charge in [0.2, 0.25) is 0 Å². The lowest BCUT2D eigenvalue weighted by Crippen LogP contribution is -2.37. The van der Waals surface area contributed by atoms with Crippen molar-refractivity contribution in [2.24, 2.45) is 0 Å².